The summed E-state index contributed by atoms with van der Waals surface area (Å²) in [5.74, 6) is 0.168. The molecule has 2 amide bonds. The van der Waals surface area contributed by atoms with Gasteiger partial charge in [-0.15, -0.1) is 0 Å². The minimum Gasteiger partial charge on any atom is -0.467 e. The van der Waals surface area contributed by atoms with Crippen LogP contribution in [0.3, 0.4) is 0 Å². The van der Waals surface area contributed by atoms with E-state index < -0.39 is 0 Å². The molecule has 1 aliphatic rings. The minimum atomic E-state index is -0.321. The molecule has 0 bridgehead atoms. The van der Waals surface area contributed by atoms with Crippen molar-refractivity contribution in [3.8, 4) is 0 Å². The van der Waals surface area contributed by atoms with Gasteiger partial charge in [-0.1, -0.05) is 25.5 Å². The highest BCUT2D eigenvalue weighted by molar-refractivity contribution is 5.84. The number of amides is 2. The van der Waals surface area contributed by atoms with E-state index in [0.29, 0.717) is 45.0 Å². The van der Waals surface area contributed by atoms with Gasteiger partial charge in [0.25, 0.3) is 0 Å². The molecule has 0 saturated carbocycles. The van der Waals surface area contributed by atoms with E-state index in [2.05, 4.69) is 4.90 Å². The molecule has 0 radical (unpaired) electrons. The quantitative estimate of drug-likeness (QED) is 0.487. The molecule has 180 valence electrons. The molecule has 1 aromatic heterocycles. The SMILES string of the molecule is CCCCC(=O)N(CCN1CCOCC1)CC(=O)N(Cc1ccc(F)cc1)Cc1ccco1. The van der Waals surface area contributed by atoms with Crippen LogP contribution >= 0.6 is 0 Å². The van der Waals surface area contributed by atoms with E-state index in [1.165, 1.54) is 12.1 Å². The Morgan fingerprint density at radius 1 is 1.03 bits per heavy atom. The van der Waals surface area contributed by atoms with E-state index in [0.717, 1.165) is 31.5 Å². The van der Waals surface area contributed by atoms with Gasteiger partial charge in [-0.05, 0) is 36.2 Å². The third-order valence-electron chi connectivity index (χ3n) is 5.78. The molecular formula is C25H34FN3O4. The first-order chi connectivity index (χ1) is 16.0. The average Bonchev–Trinajstić information content (AvgIpc) is 3.35. The van der Waals surface area contributed by atoms with Gasteiger partial charge in [-0.3, -0.25) is 14.5 Å². The molecule has 8 heteroatoms. The predicted molar refractivity (Wildman–Crippen MR) is 123 cm³/mol. The molecule has 1 aromatic carbocycles. The zero-order chi connectivity index (χ0) is 23.5. The summed E-state index contributed by atoms with van der Waals surface area (Å²) in [7, 11) is 0. The van der Waals surface area contributed by atoms with Crippen LogP contribution in [0.1, 0.15) is 37.5 Å². The van der Waals surface area contributed by atoms with Crippen molar-refractivity contribution in [3.63, 3.8) is 0 Å². The van der Waals surface area contributed by atoms with E-state index in [1.807, 2.05) is 13.0 Å². The number of benzene rings is 1. The second-order valence-corrected chi connectivity index (χ2v) is 8.33. The smallest absolute Gasteiger partial charge is 0.242 e. The van der Waals surface area contributed by atoms with Gasteiger partial charge in [-0.25, -0.2) is 4.39 Å². The maximum absolute atomic E-state index is 13.4. The lowest BCUT2D eigenvalue weighted by molar-refractivity contribution is -0.141. The molecule has 0 aliphatic carbocycles. The normalized spacial score (nSPS) is 14.2. The number of hydrogen-bond donors (Lipinski definition) is 0. The van der Waals surface area contributed by atoms with Crippen LogP contribution in [0, 0.1) is 5.82 Å². The maximum atomic E-state index is 13.4. The molecule has 0 spiro atoms. The Labute approximate surface area is 195 Å². The van der Waals surface area contributed by atoms with Gasteiger partial charge in [0.15, 0.2) is 0 Å². The summed E-state index contributed by atoms with van der Waals surface area (Å²) in [4.78, 5) is 31.8. The van der Waals surface area contributed by atoms with Crippen molar-refractivity contribution in [2.75, 3.05) is 45.9 Å². The standard InChI is InChI=1S/C25H34FN3O4/c1-2-3-6-24(30)28(12-11-27-13-16-32-17-14-27)20-25(31)29(19-23-5-4-15-33-23)18-21-7-9-22(26)10-8-21/h4-5,7-10,15H,2-3,6,11-14,16-20H2,1H3. The fourth-order valence-electron chi connectivity index (χ4n) is 3.76. The zero-order valence-corrected chi connectivity index (χ0v) is 19.4. The molecule has 0 unspecified atom stereocenters. The summed E-state index contributed by atoms with van der Waals surface area (Å²) in [6.07, 6.45) is 3.72. The highest BCUT2D eigenvalue weighted by atomic mass is 19.1. The number of ether oxygens (including phenoxy) is 1. The molecule has 1 fully saturated rings. The van der Waals surface area contributed by atoms with Gasteiger partial charge in [0.05, 0.1) is 32.6 Å². The van der Waals surface area contributed by atoms with Gasteiger partial charge in [0.2, 0.25) is 11.8 Å². The van der Waals surface area contributed by atoms with E-state index in [4.69, 9.17) is 9.15 Å². The first-order valence-corrected chi connectivity index (χ1v) is 11.7. The monoisotopic (exact) mass is 459 g/mol. The Morgan fingerprint density at radius 2 is 1.79 bits per heavy atom. The number of furan rings is 1. The fourth-order valence-corrected chi connectivity index (χ4v) is 3.76. The molecule has 1 aliphatic heterocycles. The Kier molecular flexibility index (Phi) is 9.90. The van der Waals surface area contributed by atoms with Gasteiger partial charge in [-0.2, -0.15) is 0 Å². The van der Waals surface area contributed by atoms with Crippen molar-refractivity contribution in [2.45, 2.75) is 39.3 Å². The number of halogens is 1. The molecule has 2 aromatic rings. The summed E-state index contributed by atoms with van der Waals surface area (Å²) in [6.45, 7) is 6.90. The second-order valence-electron chi connectivity index (χ2n) is 8.33. The van der Waals surface area contributed by atoms with Crippen molar-refractivity contribution in [1.29, 1.82) is 0 Å². The molecular weight excluding hydrogens is 425 g/mol. The Bertz CT molecular complexity index is 851. The van der Waals surface area contributed by atoms with Gasteiger partial charge < -0.3 is 19.0 Å². The van der Waals surface area contributed by atoms with E-state index >= 15 is 0 Å². The lowest BCUT2D eigenvalue weighted by Crippen LogP contribution is -2.47. The molecule has 2 heterocycles. The number of morpholine rings is 1. The number of carbonyl (C=O) groups is 2. The van der Waals surface area contributed by atoms with Crippen molar-refractivity contribution in [2.24, 2.45) is 0 Å². The van der Waals surface area contributed by atoms with Crippen molar-refractivity contribution in [3.05, 3.63) is 59.8 Å². The highest BCUT2D eigenvalue weighted by Gasteiger charge is 2.23. The van der Waals surface area contributed by atoms with Crippen LogP contribution in [0.25, 0.3) is 0 Å². The molecule has 0 N–H and O–H groups in total. The molecule has 33 heavy (non-hydrogen) atoms. The largest absolute Gasteiger partial charge is 0.467 e. The second kappa shape index (κ2) is 13.1. The number of nitrogens with zero attached hydrogens (tertiary/aromatic N) is 3. The summed E-state index contributed by atoms with van der Waals surface area (Å²) < 4.78 is 24.2. The number of hydrogen-bond acceptors (Lipinski definition) is 5. The first kappa shape index (κ1) is 24.9. The van der Waals surface area contributed by atoms with E-state index in [9.17, 15) is 14.0 Å². The summed E-state index contributed by atoms with van der Waals surface area (Å²) in [5, 5.41) is 0. The topological polar surface area (TPSA) is 66.2 Å². The maximum Gasteiger partial charge on any atom is 0.242 e. The highest BCUT2D eigenvalue weighted by Crippen LogP contribution is 2.13. The van der Waals surface area contributed by atoms with Crippen LogP contribution in [-0.4, -0.2) is 72.5 Å². The number of carbonyl (C=O) groups excluding carboxylic acids is 2. The summed E-state index contributed by atoms with van der Waals surface area (Å²) >= 11 is 0. The van der Waals surface area contributed by atoms with Gasteiger partial charge in [0, 0.05) is 39.1 Å². The van der Waals surface area contributed by atoms with Crippen molar-refractivity contribution in [1.82, 2.24) is 14.7 Å². The number of rotatable bonds is 12. The average molecular weight is 460 g/mol. The van der Waals surface area contributed by atoms with Crippen LogP contribution in [-0.2, 0) is 27.4 Å². The first-order valence-electron chi connectivity index (χ1n) is 11.7. The van der Waals surface area contributed by atoms with Crippen LogP contribution in [0.2, 0.25) is 0 Å². The summed E-state index contributed by atoms with van der Waals surface area (Å²) in [5.41, 5.74) is 0.813. The lowest BCUT2D eigenvalue weighted by Gasteiger charge is -2.31. The zero-order valence-electron chi connectivity index (χ0n) is 19.4. The Morgan fingerprint density at radius 3 is 2.45 bits per heavy atom. The third-order valence-corrected chi connectivity index (χ3v) is 5.78. The molecule has 7 nitrogen and oxygen atoms in total. The lowest BCUT2D eigenvalue weighted by atomic mass is 10.2. The third kappa shape index (κ3) is 8.29. The Balaban J connectivity index is 1.69. The predicted octanol–water partition coefficient (Wildman–Crippen LogP) is 3.30. The van der Waals surface area contributed by atoms with Crippen molar-refractivity contribution >= 4 is 11.8 Å². The van der Waals surface area contributed by atoms with Crippen LogP contribution in [0.5, 0.6) is 0 Å². The van der Waals surface area contributed by atoms with Crippen LogP contribution < -0.4 is 0 Å². The van der Waals surface area contributed by atoms with Crippen LogP contribution in [0.15, 0.2) is 47.1 Å². The summed E-state index contributed by atoms with van der Waals surface area (Å²) in [6, 6.07) is 9.69. The molecule has 1 saturated heterocycles. The Hall–Kier alpha value is -2.71. The van der Waals surface area contributed by atoms with Gasteiger partial charge >= 0.3 is 0 Å². The van der Waals surface area contributed by atoms with Crippen molar-refractivity contribution < 1.29 is 23.1 Å². The fraction of sp³-hybridized carbons (Fsp3) is 0.520. The molecule has 0 atom stereocenters. The van der Waals surface area contributed by atoms with Crippen LogP contribution in [0.4, 0.5) is 4.39 Å². The van der Waals surface area contributed by atoms with Gasteiger partial charge in [0.1, 0.15) is 11.6 Å². The number of unbranched alkanes of at least 4 members (excludes halogenated alkanes) is 1. The van der Waals surface area contributed by atoms with E-state index in [1.54, 1.807) is 34.3 Å². The molecule has 3 rings (SSSR count). The van der Waals surface area contributed by atoms with E-state index in [-0.39, 0.29) is 30.7 Å². The minimum absolute atomic E-state index is 0.00168.